The first-order chi connectivity index (χ1) is 5.33. The molecule has 2 heteroatoms. The van der Waals surface area contributed by atoms with Crippen molar-refractivity contribution in [1.29, 1.82) is 0 Å². The third-order valence-corrected chi connectivity index (χ3v) is 2.94. The minimum Gasteiger partial charge on any atom is -0.508 e. The van der Waals surface area contributed by atoms with E-state index in [0.717, 1.165) is 8.58 Å². The zero-order chi connectivity index (χ0) is 8.10. The van der Waals surface area contributed by atoms with Gasteiger partial charge in [-0.1, -0.05) is 34.1 Å². The van der Waals surface area contributed by atoms with E-state index in [4.69, 9.17) is 5.11 Å². The van der Waals surface area contributed by atoms with E-state index >= 15 is 0 Å². The highest BCUT2D eigenvalue weighted by atomic mass is 31.1. The van der Waals surface area contributed by atoms with E-state index in [1.807, 2.05) is 12.1 Å². The lowest BCUT2D eigenvalue weighted by atomic mass is 10.3. The minimum atomic E-state index is 0.357. The monoisotopic (exact) mass is 168 g/mol. The van der Waals surface area contributed by atoms with Crippen molar-refractivity contribution in [2.75, 3.05) is 6.16 Å². The van der Waals surface area contributed by atoms with Crippen molar-refractivity contribution < 1.29 is 5.11 Å². The third kappa shape index (κ3) is 2.90. The molecule has 1 rings (SSSR count). The smallest absolute Gasteiger partial charge is 0.115 e. The number of hydrogen-bond acceptors (Lipinski definition) is 1. The van der Waals surface area contributed by atoms with E-state index in [-0.39, 0.29) is 0 Å². The molecule has 0 fully saturated rings. The number of phenols is 1. The normalized spacial score (nSPS) is 11.0. The molecular formula is C9H13OP. The maximum atomic E-state index is 8.99. The van der Waals surface area contributed by atoms with E-state index in [1.165, 1.54) is 17.9 Å². The summed E-state index contributed by atoms with van der Waals surface area (Å²) in [4.78, 5) is 0. The van der Waals surface area contributed by atoms with Crippen LogP contribution in [-0.2, 0) is 0 Å². The van der Waals surface area contributed by atoms with Crippen molar-refractivity contribution in [3.8, 4) is 5.75 Å². The van der Waals surface area contributed by atoms with Crippen LogP contribution in [0.25, 0.3) is 0 Å². The summed E-state index contributed by atoms with van der Waals surface area (Å²) in [5.74, 6) is 0.357. The van der Waals surface area contributed by atoms with Crippen LogP contribution in [0.3, 0.4) is 0 Å². The van der Waals surface area contributed by atoms with Crippen LogP contribution in [0.15, 0.2) is 24.3 Å². The molecule has 60 valence electrons. The first-order valence-electron chi connectivity index (χ1n) is 3.86. The number of benzene rings is 1. The summed E-state index contributed by atoms with van der Waals surface area (Å²) in [5.41, 5.74) is 0. The minimum absolute atomic E-state index is 0.357. The van der Waals surface area contributed by atoms with Gasteiger partial charge in [-0.25, -0.2) is 0 Å². The summed E-state index contributed by atoms with van der Waals surface area (Å²) in [5, 5.41) is 10.3. The average molecular weight is 168 g/mol. The molecule has 0 heterocycles. The highest BCUT2D eigenvalue weighted by Gasteiger charge is 1.90. The van der Waals surface area contributed by atoms with Crippen LogP contribution in [0.2, 0.25) is 0 Å². The van der Waals surface area contributed by atoms with Gasteiger partial charge in [0, 0.05) is 0 Å². The topological polar surface area (TPSA) is 20.2 Å². The molecule has 1 nitrogen and oxygen atoms in total. The van der Waals surface area contributed by atoms with Crippen LogP contribution < -0.4 is 5.30 Å². The molecule has 1 aromatic carbocycles. The molecule has 0 aliphatic rings. The van der Waals surface area contributed by atoms with Crippen molar-refractivity contribution in [3.63, 3.8) is 0 Å². The van der Waals surface area contributed by atoms with E-state index in [2.05, 4.69) is 6.92 Å². The largest absolute Gasteiger partial charge is 0.508 e. The molecule has 11 heavy (non-hydrogen) atoms. The molecule has 0 amide bonds. The van der Waals surface area contributed by atoms with Gasteiger partial charge in [-0.15, -0.1) is 0 Å². The second kappa shape index (κ2) is 4.35. The molecule has 0 aliphatic heterocycles. The van der Waals surface area contributed by atoms with Crippen molar-refractivity contribution >= 4 is 13.9 Å². The lowest BCUT2D eigenvalue weighted by Gasteiger charge is -1.98. The molecule has 0 spiro atoms. The molecule has 0 bridgehead atoms. The van der Waals surface area contributed by atoms with Gasteiger partial charge in [-0.3, -0.25) is 0 Å². The maximum absolute atomic E-state index is 8.99. The number of rotatable bonds is 3. The van der Waals surface area contributed by atoms with Crippen LogP contribution in [0, 0.1) is 0 Å². The van der Waals surface area contributed by atoms with E-state index in [1.54, 1.807) is 12.1 Å². The fraction of sp³-hybridized carbons (Fsp3) is 0.333. The van der Waals surface area contributed by atoms with Gasteiger partial charge in [0.2, 0.25) is 0 Å². The predicted octanol–water partition coefficient (Wildman–Crippen LogP) is 2.11. The standard InChI is InChI=1S/C9H13OP/c1-2-7-11-9-5-3-8(10)4-6-9/h3-6,10-11H,2,7H2,1H3. The molecule has 0 saturated heterocycles. The Balaban J connectivity index is 2.52. The average Bonchev–Trinajstić information content (AvgIpc) is 2.04. The first-order valence-corrected chi connectivity index (χ1v) is 5.06. The Morgan fingerprint density at radius 2 is 1.91 bits per heavy atom. The predicted molar refractivity (Wildman–Crippen MR) is 51.2 cm³/mol. The van der Waals surface area contributed by atoms with Crippen molar-refractivity contribution in [2.24, 2.45) is 0 Å². The van der Waals surface area contributed by atoms with Gasteiger partial charge in [-0.05, 0) is 23.6 Å². The maximum Gasteiger partial charge on any atom is 0.115 e. The SMILES string of the molecule is CCCPc1ccc(O)cc1. The van der Waals surface area contributed by atoms with E-state index in [0.29, 0.717) is 5.75 Å². The molecule has 0 aliphatic carbocycles. The summed E-state index contributed by atoms with van der Waals surface area (Å²) in [6.45, 7) is 2.19. The van der Waals surface area contributed by atoms with Gasteiger partial charge >= 0.3 is 0 Å². The molecule has 0 aromatic heterocycles. The van der Waals surface area contributed by atoms with Gasteiger partial charge in [0.25, 0.3) is 0 Å². The van der Waals surface area contributed by atoms with Gasteiger partial charge < -0.3 is 5.11 Å². The Morgan fingerprint density at radius 3 is 2.45 bits per heavy atom. The molecule has 0 radical (unpaired) electrons. The lowest BCUT2D eigenvalue weighted by Crippen LogP contribution is -1.92. The van der Waals surface area contributed by atoms with E-state index in [9.17, 15) is 0 Å². The summed E-state index contributed by atoms with van der Waals surface area (Å²) in [7, 11) is 0.890. The fourth-order valence-electron chi connectivity index (χ4n) is 0.849. The van der Waals surface area contributed by atoms with Crippen LogP contribution >= 0.6 is 8.58 Å². The summed E-state index contributed by atoms with van der Waals surface area (Å²) in [6, 6.07) is 7.48. The Kier molecular flexibility index (Phi) is 3.38. The summed E-state index contributed by atoms with van der Waals surface area (Å²) in [6.07, 6.45) is 2.49. The van der Waals surface area contributed by atoms with Gasteiger partial charge in [0.05, 0.1) is 0 Å². The van der Waals surface area contributed by atoms with Crippen molar-refractivity contribution in [1.82, 2.24) is 0 Å². The van der Waals surface area contributed by atoms with Gasteiger partial charge in [-0.2, -0.15) is 0 Å². The van der Waals surface area contributed by atoms with Crippen LogP contribution in [0.1, 0.15) is 13.3 Å². The Bertz CT molecular complexity index is 205. The zero-order valence-corrected chi connectivity index (χ0v) is 7.67. The second-order valence-corrected chi connectivity index (χ2v) is 3.90. The van der Waals surface area contributed by atoms with Gasteiger partial charge in [0.15, 0.2) is 0 Å². The number of phenolic OH excluding ortho intramolecular Hbond substituents is 1. The quantitative estimate of drug-likeness (QED) is 0.685. The first kappa shape index (κ1) is 8.55. The Morgan fingerprint density at radius 1 is 1.27 bits per heavy atom. The highest BCUT2D eigenvalue weighted by molar-refractivity contribution is 7.47. The van der Waals surface area contributed by atoms with Crippen LogP contribution in [0.5, 0.6) is 5.75 Å². The third-order valence-electron chi connectivity index (χ3n) is 1.45. The summed E-state index contributed by atoms with van der Waals surface area (Å²) < 4.78 is 0. The Hall–Kier alpha value is -0.550. The molecule has 1 aromatic rings. The number of aromatic hydroxyl groups is 1. The van der Waals surface area contributed by atoms with Crippen LogP contribution in [-0.4, -0.2) is 11.3 Å². The van der Waals surface area contributed by atoms with Gasteiger partial charge in [0.1, 0.15) is 5.75 Å². The fourth-order valence-corrected chi connectivity index (χ4v) is 1.79. The highest BCUT2D eigenvalue weighted by Crippen LogP contribution is 2.13. The lowest BCUT2D eigenvalue weighted by molar-refractivity contribution is 0.475. The zero-order valence-electron chi connectivity index (χ0n) is 6.67. The van der Waals surface area contributed by atoms with E-state index < -0.39 is 0 Å². The number of hydrogen-bond donors (Lipinski definition) is 1. The molecule has 1 N–H and O–H groups in total. The second-order valence-electron chi connectivity index (χ2n) is 2.47. The molecule has 1 atom stereocenters. The summed E-state index contributed by atoms with van der Waals surface area (Å²) >= 11 is 0. The van der Waals surface area contributed by atoms with Crippen LogP contribution in [0.4, 0.5) is 0 Å². The van der Waals surface area contributed by atoms with Crippen molar-refractivity contribution in [2.45, 2.75) is 13.3 Å². The Labute approximate surface area is 69.2 Å². The molecule has 1 unspecified atom stereocenters. The van der Waals surface area contributed by atoms with Crippen molar-refractivity contribution in [3.05, 3.63) is 24.3 Å². The molecular weight excluding hydrogens is 155 g/mol. The molecule has 0 saturated carbocycles.